The normalized spacial score (nSPS) is 29.1. The smallest absolute Gasteiger partial charge is 0.410 e. The lowest BCUT2D eigenvalue weighted by Gasteiger charge is -2.41. The molecule has 2 aliphatic rings. The molecule has 1 N–H and O–H groups in total. The molecule has 2 rings (SSSR count). The van der Waals surface area contributed by atoms with E-state index in [2.05, 4.69) is 19.2 Å². The quantitative estimate of drug-likeness (QED) is 0.864. The third-order valence-electron chi connectivity index (χ3n) is 4.42. The number of nitrogens with zero attached hydrogens (tertiary/aromatic N) is 1. The first-order valence-electron chi connectivity index (χ1n) is 8.03. The highest BCUT2D eigenvalue weighted by molar-refractivity contribution is 5.68. The van der Waals surface area contributed by atoms with Crippen LogP contribution >= 0.6 is 0 Å². The molecule has 1 saturated heterocycles. The second kappa shape index (κ2) is 5.92. The molecule has 3 unspecified atom stereocenters. The molecule has 1 heterocycles. The largest absolute Gasteiger partial charge is 0.444 e. The standard InChI is InChI=1S/C16H30N2O2/c1-11(13-8-9-13)17-14-7-6-10-18(12(14)2)15(19)20-16(3,4)5/h11-14,17H,6-10H2,1-5H3. The number of nitrogens with one attached hydrogen (secondary N) is 1. The summed E-state index contributed by atoms with van der Waals surface area (Å²) in [5, 5.41) is 3.73. The summed E-state index contributed by atoms with van der Waals surface area (Å²) in [5.41, 5.74) is -0.418. The lowest BCUT2D eigenvalue weighted by molar-refractivity contribution is 0.00628. The van der Waals surface area contributed by atoms with E-state index in [1.807, 2.05) is 25.7 Å². The van der Waals surface area contributed by atoms with E-state index in [1.165, 1.54) is 12.8 Å². The Morgan fingerprint density at radius 3 is 2.50 bits per heavy atom. The van der Waals surface area contributed by atoms with Gasteiger partial charge in [0.15, 0.2) is 0 Å². The lowest BCUT2D eigenvalue weighted by Crippen LogP contribution is -2.57. The van der Waals surface area contributed by atoms with E-state index in [0.29, 0.717) is 12.1 Å². The summed E-state index contributed by atoms with van der Waals surface area (Å²) >= 11 is 0. The summed E-state index contributed by atoms with van der Waals surface area (Å²) in [6, 6.07) is 1.17. The zero-order valence-electron chi connectivity index (χ0n) is 13.6. The Labute approximate surface area is 123 Å². The van der Waals surface area contributed by atoms with E-state index in [1.54, 1.807) is 0 Å². The SMILES string of the molecule is CC(NC1CCCN(C(=O)OC(C)(C)C)C1C)C1CC1. The summed E-state index contributed by atoms with van der Waals surface area (Å²) in [6.07, 6.45) is 4.74. The van der Waals surface area contributed by atoms with E-state index in [4.69, 9.17) is 4.74 Å². The molecule has 4 nitrogen and oxygen atoms in total. The molecule has 0 aromatic carbocycles. The molecule has 0 radical (unpaired) electrons. The lowest BCUT2D eigenvalue weighted by atomic mass is 9.96. The molecule has 4 heteroatoms. The summed E-state index contributed by atoms with van der Waals surface area (Å²) in [7, 11) is 0. The molecule has 0 bridgehead atoms. The zero-order valence-corrected chi connectivity index (χ0v) is 13.6. The molecule has 1 aliphatic heterocycles. The summed E-state index contributed by atoms with van der Waals surface area (Å²) in [5.74, 6) is 0.846. The number of piperidine rings is 1. The highest BCUT2D eigenvalue weighted by atomic mass is 16.6. The van der Waals surface area contributed by atoms with Crippen molar-refractivity contribution >= 4 is 6.09 Å². The second-order valence-electron chi connectivity index (χ2n) is 7.46. The van der Waals surface area contributed by atoms with Gasteiger partial charge in [-0.05, 0) is 66.2 Å². The van der Waals surface area contributed by atoms with Crippen molar-refractivity contribution in [2.45, 2.75) is 84.0 Å². The van der Waals surface area contributed by atoms with E-state index < -0.39 is 5.60 Å². The minimum atomic E-state index is -0.418. The summed E-state index contributed by atoms with van der Waals surface area (Å²) in [4.78, 5) is 14.2. The van der Waals surface area contributed by atoms with Gasteiger partial charge in [0.25, 0.3) is 0 Å². The Balaban J connectivity index is 1.91. The topological polar surface area (TPSA) is 41.6 Å². The molecule has 20 heavy (non-hydrogen) atoms. The van der Waals surface area contributed by atoms with Crippen LogP contribution in [-0.2, 0) is 4.74 Å². The van der Waals surface area contributed by atoms with E-state index in [0.717, 1.165) is 25.3 Å². The first-order valence-corrected chi connectivity index (χ1v) is 8.03. The highest BCUT2D eigenvalue weighted by Crippen LogP contribution is 2.33. The predicted molar refractivity (Wildman–Crippen MR) is 80.7 cm³/mol. The van der Waals surface area contributed by atoms with Crippen molar-refractivity contribution in [1.82, 2.24) is 10.2 Å². The third kappa shape index (κ3) is 4.11. The number of likely N-dealkylation sites (tertiary alicyclic amines) is 1. The number of carbonyl (C=O) groups excluding carboxylic acids is 1. The van der Waals surface area contributed by atoms with Crippen molar-refractivity contribution in [3.05, 3.63) is 0 Å². The van der Waals surface area contributed by atoms with Crippen LogP contribution in [-0.4, -0.2) is 41.3 Å². The van der Waals surface area contributed by atoms with Gasteiger partial charge in [-0.3, -0.25) is 0 Å². The molecule has 0 aromatic rings. The molecule has 3 atom stereocenters. The Morgan fingerprint density at radius 2 is 1.95 bits per heavy atom. The Morgan fingerprint density at radius 1 is 1.30 bits per heavy atom. The van der Waals surface area contributed by atoms with Gasteiger partial charge in [0.1, 0.15) is 5.60 Å². The van der Waals surface area contributed by atoms with Gasteiger partial charge in [0.2, 0.25) is 0 Å². The van der Waals surface area contributed by atoms with Gasteiger partial charge in [-0.1, -0.05) is 0 Å². The number of ether oxygens (including phenoxy) is 1. The molecule has 1 aliphatic carbocycles. The van der Waals surface area contributed by atoms with E-state index >= 15 is 0 Å². The summed E-state index contributed by atoms with van der Waals surface area (Å²) < 4.78 is 5.52. The van der Waals surface area contributed by atoms with Gasteiger partial charge in [-0.15, -0.1) is 0 Å². The minimum absolute atomic E-state index is 0.171. The maximum absolute atomic E-state index is 12.3. The highest BCUT2D eigenvalue weighted by Gasteiger charge is 2.36. The van der Waals surface area contributed by atoms with Gasteiger partial charge < -0.3 is 15.0 Å². The molecule has 1 amide bonds. The van der Waals surface area contributed by atoms with Crippen molar-refractivity contribution in [3.8, 4) is 0 Å². The molecule has 2 fully saturated rings. The second-order valence-corrected chi connectivity index (χ2v) is 7.46. The molecule has 1 saturated carbocycles. The van der Waals surface area contributed by atoms with Gasteiger partial charge in [0, 0.05) is 24.7 Å². The first-order chi connectivity index (χ1) is 9.28. The number of hydrogen-bond donors (Lipinski definition) is 1. The molecule has 0 spiro atoms. The van der Waals surface area contributed by atoms with Crippen LogP contribution in [0.25, 0.3) is 0 Å². The van der Waals surface area contributed by atoms with Crippen LogP contribution in [0, 0.1) is 5.92 Å². The predicted octanol–water partition coefficient (Wildman–Crippen LogP) is 3.16. The number of hydrogen-bond acceptors (Lipinski definition) is 3. The van der Waals surface area contributed by atoms with E-state index in [9.17, 15) is 4.79 Å². The average Bonchev–Trinajstić information content (AvgIpc) is 3.13. The number of carbonyl (C=O) groups is 1. The van der Waals surface area contributed by atoms with Crippen molar-refractivity contribution in [2.24, 2.45) is 5.92 Å². The van der Waals surface area contributed by atoms with Crippen LogP contribution < -0.4 is 5.32 Å². The van der Waals surface area contributed by atoms with Gasteiger partial charge >= 0.3 is 6.09 Å². The van der Waals surface area contributed by atoms with Gasteiger partial charge in [0.05, 0.1) is 0 Å². The first kappa shape index (κ1) is 15.6. The van der Waals surface area contributed by atoms with Crippen molar-refractivity contribution < 1.29 is 9.53 Å². The Bertz CT molecular complexity index is 347. The van der Waals surface area contributed by atoms with Crippen LogP contribution in [0.4, 0.5) is 4.79 Å². The van der Waals surface area contributed by atoms with Gasteiger partial charge in [-0.25, -0.2) is 4.79 Å². The molecule has 116 valence electrons. The van der Waals surface area contributed by atoms with Crippen LogP contribution in [0.5, 0.6) is 0 Å². The molecular weight excluding hydrogens is 252 g/mol. The fourth-order valence-electron chi connectivity index (χ4n) is 3.01. The van der Waals surface area contributed by atoms with Gasteiger partial charge in [-0.2, -0.15) is 0 Å². The zero-order chi connectivity index (χ0) is 14.9. The van der Waals surface area contributed by atoms with Crippen LogP contribution in [0.2, 0.25) is 0 Å². The monoisotopic (exact) mass is 282 g/mol. The third-order valence-corrected chi connectivity index (χ3v) is 4.42. The van der Waals surface area contributed by atoms with Crippen molar-refractivity contribution in [1.29, 1.82) is 0 Å². The minimum Gasteiger partial charge on any atom is -0.444 e. The summed E-state index contributed by atoms with van der Waals surface area (Å²) in [6.45, 7) is 11.0. The maximum Gasteiger partial charge on any atom is 0.410 e. The fraction of sp³-hybridized carbons (Fsp3) is 0.938. The maximum atomic E-state index is 12.3. The van der Waals surface area contributed by atoms with Crippen LogP contribution in [0.1, 0.15) is 60.3 Å². The Hall–Kier alpha value is -0.770. The van der Waals surface area contributed by atoms with Crippen LogP contribution in [0.3, 0.4) is 0 Å². The van der Waals surface area contributed by atoms with E-state index in [-0.39, 0.29) is 12.1 Å². The molecule has 0 aromatic heterocycles. The average molecular weight is 282 g/mol. The molecular formula is C16H30N2O2. The Kier molecular flexibility index (Phi) is 4.62. The van der Waals surface area contributed by atoms with Crippen LogP contribution in [0.15, 0.2) is 0 Å². The van der Waals surface area contributed by atoms with Crippen molar-refractivity contribution in [2.75, 3.05) is 6.54 Å². The number of rotatable bonds is 3. The number of amides is 1. The van der Waals surface area contributed by atoms with Crippen molar-refractivity contribution in [3.63, 3.8) is 0 Å². The fourth-order valence-corrected chi connectivity index (χ4v) is 3.01.